The molecule has 2 amide bonds. The molecule has 1 unspecified atom stereocenters. The van der Waals surface area contributed by atoms with E-state index in [2.05, 4.69) is 10.6 Å². The molecule has 100 valence electrons. The fourth-order valence-electron chi connectivity index (χ4n) is 1.55. The summed E-state index contributed by atoms with van der Waals surface area (Å²) in [5, 5.41) is 14.8. The topological polar surface area (TPSA) is 61.4 Å². The molecule has 0 aliphatic rings. The number of nitrogens with one attached hydrogen (secondary N) is 2. The first kappa shape index (κ1) is 14.5. The van der Waals surface area contributed by atoms with Crippen molar-refractivity contribution in [1.82, 2.24) is 5.32 Å². The van der Waals surface area contributed by atoms with Crippen LogP contribution in [0.15, 0.2) is 18.2 Å². The molecule has 0 aliphatic heterocycles. The Kier molecular flexibility index (Phi) is 5.65. The second-order valence-electron chi connectivity index (χ2n) is 4.53. The van der Waals surface area contributed by atoms with Gasteiger partial charge in [0.1, 0.15) is 0 Å². The summed E-state index contributed by atoms with van der Waals surface area (Å²) in [6, 6.07) is 5.56. The normalized spacial score (nSPS) is 12.0. The van der Waals surface area contributed by atoms with Gasteiger partial charge in [-0.1, -0.05) is 13.0 Å². The molecule has 0 aromatic heterocycles. The van der Waals surface area contributed by atoms with E-state index in [0.29, 0.717) is 19.4 Å². The molecule has 4 nitrogen and oxygen atoms in total. The fourth-order valence-corrected chi connectivity index (χ4v) is 1.55. The molecular formula is C14H22N2O2. The van der Waals surface area contributed by atoms with Gasteiger partial charge in [0.25, 0.3) is 0 Å². The van der Waals surface area contributed by atoms with Crippen molar-refractivity contribution in [2.75, 3.05) is 11.9 Å². The first-order valence-electron chi connectivity index (χ1n) is 6.33. The van der Waals surface area contributed by atoms with Gasteiger partial charge in [0.15, 0.2) is 0 Å². The number of rotatable bonds is 5. The SMILES string of the molecule is CCC(O)CCNC(=O)Nc1ccc(C)c(C)c1. The van der Waals surface area contributed by atoms with Crippen LogP contribution < -0.4 is 10.6 Å². The molecule has 0 aliphatic carbocycles. The smallest absolute Gasteiger partial charge is 0.319 e. The highest BCUT2D eigenvalue weighted by Crippen LogP contribution is 2.13. The summed E-state index contributed by atoms with van der Waals surface area (Å²) >= 11 is 0. The van der Waals surface area contributed by atoms with Crippen LogP contribution in [-0.4, -0.2) is 23.8 Å². The maximum absolute atomic E-state index is 11.6. The highest BCUT2D eigenvalue weighted by molar-refractivity contribution is 5.89. The van der Waals surface area contributed by atoms with Crippen LogP contribution in [0.4, 0.5) is 10.5 Å². The van der Waals surface area contributed by atoms with Gasteiger partial charge in [-0.15, -0.1) is 0 Å². The van der Waals surface area contributed by atoms with Crippen molar-refractivity contribution in [3.8, 4) is 0 Å². The molecular weight excluding hydrogens is 228 g/mol. The average molecular weight is 250 g/mol. The standard InChI is InChI=1S/C14H22N2O2/c1-4-13(17)7-8-15-14(18)16-12-6-5-10(2)11(3)9-12/h5-6,9,13,17H,4,7-8H2,1-3H3,(H2,15,16,18). The van der Waals surface area contributed by atoms with Crippen LogP contribution >= 0.6 is 0 Å². The molecule has 0 heterocycles. The third-order valence-corrected chi connectivity index (χ3v) is 3.00. The zero-order valence-electron chi connectivity index (χ0n) is 11.3. The van der Waals surface area contributed by atoms with Crippen LogP contribution in [0.3, 0.4) is 0 Å². The maximum Gasteiger partial charge on any atom is 0.319 e. The predicted molar refractivity (Wildman–Crippen MR) is 73.9 cm³/mol. The number of urea groups is 1. The Morgan fingerprint density at radius 3 is 2.67 bits per heavy atom. The van der Waals surface area contributed by atoms with Gasteiger partial charge in [0.05, 0.1) is 6.10 Å². The van der Waals surface area contributed by atoms with Gasteiger partial charge in [-0.3, -0.25) is 0 Å². The summed E-state index contributed by atoms with van der Waals surface area (Å²) in [6.07, 6.45) is 0.948. The van der Waals surface area contributed by atoms with Gasteiger partial charge in [-0.2, -0.15) is 0 Å². The lowest BCUT2D eigenvalue weighted by molar-refractivity contribution is 0.160. The highest BCUT2D eigenvalue weighted by atomic mass is 16.3. The summed E-state index contributed by atoms with van der Waals surface area (Å²) < 4.78 is 0. The zero-order valence-corrected chi connectivity index (χ0v) is 11.3. The third kappa shape index (κ3) is 4.75. The molecule has 18 heavy (non-hydrogen) atoms. The minimum atomic E-state index is -0.341. The number of carbonyl (C=O) groups excluding carboxylic acids is 1. The van der Waals surface area contributed by atoms with Crippen LogP contribution in [0.5, 0.6) is 0 Å². The van der Waals surface area contributed by atoms with Gasteiger partial charge in [0, 0.05) is 12.2 Å². The van der Waals surface area contributed by atoms with Gasteiger partial charge >= 0.3 is 6.03 Å². The summed E-state index contributed by atoms with van der Waals surface area (Å²) in [7, 11) is 0. The van der Waals surface area contributed by atoms with E-state index in [1.165, 1.54) is 5.56 Å². The molecule has 4 heteroatoms. The van der Waals surface area contributed by atoms with E-state index in [1.807, 2.05) is 39.0 Å². The van der Waals surface area contributed by atoms with Gasteiger partial charge in [-0.05, 0) is 49.9 Å². The fraction of sp³-hybridized carbons (Fsp3) is 0.500. The third-order valence-electron chi connectivity index (χ3n) is 3.00. The lowest BCUT2D eigenvalue weighted by Gasteiger charge is -2.11. The Morgan fingerprint density at radius 2 is 2.06 bits per heavy atom. The van der Waals surface area contributed by atoms with E-state index < -0.39 is 0 Å². The number of amides is 2. The molecule has 1 rings (SSSR count). The van der Waals surface area contributed by atoms with E-state index in [0.717, 1.165) is 11.3 Å². The Bertz CT molecular complexity index is 405. The summed E-state index contributed by atoms with van der Waals surface area (Å²) in [6.45, 7) is 6.44. The van der Waals surface area contributed by atoms with E-state index in [1.54, 1.807) is 0 Å². The number of aryl methyl sites for hydroxylation is 2. The van der Waals surface area contributed by atoms with Crippen molar-refractivity contribution < 1.29 is 9.90 Å². The number of benzene rings is 1. The van der Waals surface area contributed by atoms with Gasteiger partial charge in [0.2, 0.25) is 0 Å². The van der Waals surface area contributed by atoms with Crippen molar-refractivity contribution in [3.05, 3.63) is 29.3 Å². The maximum atomic E-state index is 11.6. The van der Waals surface area contributed by atoms with E-state index >= 15 is 0 Å². The molecule has 3 N–H and O–H groups in total. The van der Waals surface area contributed by atoms with Crippen LogP contribution in [-0.2, 0) is 0 Å². The first-order valence-corrected chi connectivity index (χ1v) is 6.33. The Morgan fingerprint density at radius 1 is 1.33 bits per heavy atom. The largest absolute Gasteiger partial charge is 0.393 e. The Balaban J connectivity index is 2.38. The summed E-state index contributed by atoms with van der Waals surface area (Å²) in [5.74, 6) is 0. The van der Waals surface area contributed by atoms with Crippen molar-refractivity contribution in [2.45, 2.75) is 39.7 Å². The minimum Gasteiger partial charge on any atom is -0.393 e. The molecule has 0 saturated carbocycles. The predicted octanol–water partition coefficient (Wildman–Crippen LogP) is 2.59. The summed E-state index contributed by atoms with van der Waals surface area (Å²) in [5.41, 5.74) is 3.13. The number of hydrogen-bond donors (Lipinski definition) is 3. The molecule has 0 fully saturated rings. The van der Waals surface area contributed by atoms with Crippen LogP contribution in [0, 0.1) is 13.8 Å². The zero-order chi connectivity index (χ0) is 13.5. The second-order valence-corrected chi connectivity index (χ2v) is 4.53. The van der Waals surface area contributed by atoms with Crippen molar-refractivity contribution in [1.29, 1.82) is 0 Å². The van der Waals surface area contributed by atoms with Crippen molar-refractivity contribution >= 4 is 11.7 Å². The van der Waals surface area contributed by atoms with Crippen LogP contribution in [0.2, 0.25) is 0 Å². The number of aliphatic hydroxyl groups is 1. The molecule has 0 saturated heterocycles. The summed E-state index contributed by atoms with van der Waals surface area (Å²) in [4.78, 5) is 11.6. The first-order chi connectivity index (χ1) is 8.52. The highest BCUT2D eigenvalue weighted by Gasteiger charge is 2.04. The van der Waals surface area contributed by atoms with Crippen LogP contribution in [0.1, 0.15) is 30.9 Å². The monoisotopic (exact) mass is 250 g/mol. The van der Waals surface area contributed by atoms with Gasteiger partial charge in [-0.25, -0.2) is 4.79 Å². The van der Waals surface area contributed by atoms with E-state index in [4.69, 9.17) is 0 Å². The molecule has 1 atom stereocenters. The van der Waals surface area contributed by atoms with Gasteiger partial charge < -0.3 is 15.7 Å². The Labute approximate surface area is 108 Å². The minimum absolute atomic E-state index is 0.235. The number of aliphatic hydroxyl groups excluding tert-OH is 1. The Hall–Kier alpha value is -1.55. The lowest BCUT2D eigenvalue weighted by atomic mass is 10.1. The van der Waals surface area contributed by atoms with Crippen molar-refractivity contribution in [3.63, 3.8) is 0 Å². The number of hydrogen-bond acceptors (Lipinski definition) is 2. The molecule has 1 aromatic carbocycles. The molecule has 0 spiro atoms. The van der Waals surface area contributed by atoms with Crippen molar-refractivity contribution in [2.24, 2.45) is 0 Å². The quantitative estimate of drug-likeness (QED) is 0.752. The van der Waals surface area contributed by atoms with Crippen LogP contribution in [0.25, 0.3) is 0 Å². The average Bonchev–Trinajstić information content (AvgIpc) is 2.33. The molecule has 0 bridgehead atoms. The molecule has 1 aromatic rings. The lowest BCUT2D eigenvalue weighted by Crippen LogP contribution is -2.31. The number of anilines is 1. The second kappa shape index (κ2) is 7.01. The number of carbonyl (C=O) groups is 1. The van der Waals surface area contributed by atoms with E-state index in [-0.39, 0.29) is 12.1 Å². The molecule has 0 radical (unpaired) electrons. The van der Waals surface area contributed by atoms with E-state index in [9.17, 15) is 9.90 Å².